The van der Waals surface area contributed by atoms with E-state index in [2.05, 4.69) is 10.9 Å². The predicted molar refractivity (Wildman–Crippen MR) is 109 cm³/mol. The number of anilines is 1. The molecule has 1 unspecified atom stereocenters. The Bertz CT molecular complexity index is 922. The van der Waals surface area contributed by atoms with Crippen LogP contribution in [0.4, 0.5) is 5.69 Å². The van der Waals surface area contributed by atoms with Crippen molar-refractivity contribution in [3.63, 3.8) is 0 Å². The average molecular weight is 413 g/mol. The van der Waals surface area contributed by atoms with Gasteiger partial charge in [-0.05, 0) is 12.1 Å². The van der Waals surface area contributed by atoms with E-state index in [9.17, 15) is 14.4 Å². The number of hydrogen-bond donors (Lipinski definition) is 2. The molecule has 1 aliphatic rings. The molecule has 3 amide bonds. The van der Waals surface area contributed by atoms with E-state index in [0.717, 1.165) is 0 Å². The van der Waals surface area contributed by atoms with E-state index >= 15 is 0 Å². The minimum atomic E-state index is -0.618. The maximum Gasteiger partial charge on any atom is 0.269 e. The second kappa shape index (κ2) is 9.17. The highest BCUT2D eigenvalue weighted by molar-refractivity contribution is 6.01. The number of ether oxygens (including phenoxy) is 3. The van der Waals surface area contributed by atoms with E-state index in [-0.39, 0.29) is 18.9 Å². The van der Waals surface area contributed by atoms with Crippen molar-refractivity contribution in [1.29, 1.82) is 0 Å². The molecule has 158 valence electrons. The van der Waals surface area contributed by atoms with Crippen molar-refractivity contribution >= 4 is 23.4 Å². The van der Waals surface area contributed by atoms with Crippen molar-refractivity contribution in [1.82, 2.24) is 10.9 Å². The highest BCUT2D eigenvalue weighted by atomic mass is 16.5. The summed E-state index contributed by atoms with van der Waals surface area (Å²) >= 11 is 0. The average Bonchev–Trinajstić information content (AvgIpc) is 3.18. The number of benzene rings is 2. The Balaban J connectivity index is 1.69. The van der Waals surface area contributed by atoms with E-state index < -0.39 is 17.7 Å². The summed E-state index contributed by atoms with van der Waals surface area (Å²) < 4.78 is 15.9. The molecular formula is C21H23N3O6. The van der Waals surface area contributed by atoms with Crippen LogP contribution in [0.15, 0.2) is 42.5 Å². The van der Waals surface area contributed by atoms with Crippen LogP contribution in [-0.4, -0.2) is 45.6 Å². The lowest BCUT2D eigenvalue weighted by Crippen LogP contribution is -2.45. The first-order valence-corrected chi connectivity index (χ1v) is 9.24. The van der Waals surface area contributed by atoms with Crippen LogP contribution in [0.5, 0.6) is 17.2 Å². The van der Waals surface area contributed by atoms with Crippen molar-refractivity contribution in [2.45, 2.75) is 6.42 Å². The van der Waals surface area contributed by atoms with Gasteiger partial charge in [-0.3, -0.25) is 25.2 Å². The highest BCUT2D eigenvalue weighted by Crippen LogP contribution is 2.42. The lowest BCUT2D eigenvalue weighted by atomic mass is 10.1. The van der Waals surface area contributed by atoms with Crippen LogP contribution in [0.3, 0.4) is 0 Å². The van der Waals surface area contributed by atoms with E-state index in [4.69, 9.17) is 14.2 Å². The molecular weight excluding hydrogens is 390 g/mol. The van der Waals surface area contributed by atoms with Gasteiger partial charge in [-0.15, -0.1) is 0 Å². The largest absolute Gasteiger partial charge is 0.493 e. The summed E-state index contributed by atoms with van der Waals surface area (Å²) in [6.07, 6.45) is 0.0176. The van der Waals surface area contributed by atoms with Crippen molar-refractivity contribution in [2.24, 2.45) is 5.92 Å². The number of carbonyl (C=O) groups excluding carboxylic acids is 3. The van der Waals surface area contributed by atoms with E-state index in [1.807, 2.05) is 0 Å². The zero-order valence-corrected chi connectivity index (χ0v) is 16.9. The van der Waals surface area contributed by atoms with Gasteiger partial charge < -0.3 is 19.1 Å². The number of hydrogen-bond acceptors (Lipinski definition) is 6. The Hall–Kier alpha value is -3.75. The molecule has 3 rings (SSSR count). The SMILES string of the molecule is COc1cc(N2CC(C(=O)NNC(=O)c3ccccc3)CC2=O)cc(OC)c1OC. The van der Waals surface area contributed by atoms with Gasteiger partial charge in [0.05, 0.1) is 32.9 Å². The van der Waals surface area contributed by atoms with Gasteiger partial charge in [0.15, 0.2) is 11.5 Å². The number of carbonyl (C=O) groups is 3. The molecule has 2 aromatic carbocycles. The zero-order chi connectivity index (χ0) is 21.7. The Morgan fingerprint density at radius 3 is 2.17 bits per heavy atom. The topological polar surface area (TPSA) is 106 Å². The van der Waals surface area contributed by atoms with Crippen LogP contribution in [0, 0.1) is 5.92 Å². The molecule has 2 aromatic rings. The Kier molecular flexibility index (Phi) is 6.41. The minimum absolute atomic E-state index is 0.0176. The highest BCUT2D eigenvalue weighted by Gasteiger charge is 2.36. The molecule has 30 heavy (non-hydrogen) atoms. The van der Waals surface area contributed by atoms with E-state index in [1.54, 1.807) is 42.5 Å². The molecule has 0 aliphatic carbocycles. The fourth-order valence-electron chi connectivity index (χ4n) is 3.24. The summed E-state index contributed by atoms with van der Waals surface area (Å²) in [5.74, 6) is -0.498. The van der Waals surface area contributed by atoms with Gasteiger partial charge in [0.25, 0.3) is 5.91 Å². The molecule has 1 heterocycles. The van der Waals surface area contributed by atoms with E-state index in [0.29, 0.717) is 28.5 Å². The molecule has 9 heteroatoms. The number of rotatable bonds is 6. The Labute approximate surface area is 173 Å². The first kappa shape index (κ1) is 21.0. The fourth-order valence-corrected chi connectivity index (χ4v) is 3.24. The number of nitrogens with zero attached hydrogens (tertiary/aromatic N) is 1. The smallest absolute Gasteiger partial charge is 0.269 e. The third kappa shape index (κ3) is 4.29. The van der Waals surface area contributed by atoms with Gasteiger partial charge in [0.1, 0.15) is 0 Å². The lowest BCUT2D eigenvalue weighted by molar-refractivity contribution is -0.126. The summed E-state index contributed by atoms with van der Waals surface area (Å²) in [4.78, 5) is 38.6. The summed E-state index contributed by atoms with van der Waals surface area (Å²) in [6.45, 7) is 0.157. The third-order valence-electron chi connectivity index (χ3n) is 4.79. The van der Waals surface area contributed by atoms with E-state index in [1.165, 1.54) is 26.2 Å². The van der Waals surface area contributed by atoms with Crippen LogP contribution < -0.4 is 30.0 Å². The molecule has 2 N–H and O–H groups in total. The monoisotopic (exact) mass is 413 g/mol. The van der Waals surface area contributed by atoms with Gasteiger partial charge in [0.2, 0.25) is 17.6 Å². The number of nitrogens with one attached hydrogen (secondary N) is 2. The molecule has 1 fully saturated rings. The Morgan fingerprint density at radius 1 is 0.967 bits per heavy atom. The van der Waals surface area contributed by atoms with Crippen molar-refractivity contribution in [3.05, 3.63) is 48.0 Å². The molecule has 1 saturated heterocycles. The van der Waals surface area contributed by atoms with Crippen LogP contribution in [0.25, 0.3) is 0 Å². The minimum Gasteiger partial charge on any atom is -0.493 e. The maximum absolute atomic E-state index is 12.5. The summed E-state index contributed by atoms with van der Waals surface area (Å²) in [5, 5.41) is 0. The van der Waals surface area contributed by atoms with Crippen LogP contribution in [-0.2, 0) is 9.59 Å². The second-order valence-electron chi connectivity index (χ2n) is 6.60. The molecule has 0 radical (unpaired) electrons. The summed E-state index contributed by atoms with van der Waals surface area (Å²) in [6, 6.07) is 11.8. The first-order chi connectivity index (χ1) is 14.5. The van der Waals surface area contributed by atoms with Crippen molar-refractivity contribution in [2.75, 3.05) is 32.8 Å². The molecule has 9 nitrogen and oxygen atoms in total. The first-order valence-electron chi connectivity index (χ1n) is 9.24. The molecule has 0 spiro atoms. The molecule has 0 saturated carbocycles. The number of hydrazine groups is 1. The lowest BCUT2D eigenvalue weighted by Gasteiger charge is -2.20. The third-order valence-corrected chi connectivity index (χ3v) is 4.79. The molecule has 0 aromatic heterocycles. The van der Waals surface area contributed by atoms with Gasteiger partial charge >= 0.3 is 0 Å². The fraction of sp³-hybridized carbons (Fsp3) is 0.286. The maximum atomic E-state index is 12.5. The van der Waals surface area contributed by atoms with Gasteiger partial charge in [0, 0.05) is 30.7 Å². The Morgan fingerprint density at radius 2 is 1.60 bits per heavy atom. The summed E-state index contributed by atoms with van der Waals surface area (Å²) in [5.41, 5.74) is 5.71. The predicted octanol–water partition coefficient (Wildman–Crippen LogP) is 1.53. The van der Waals surface area contributed by atoms with Gasteiger partial charge in [-0.25, -0.2) is 0 Å². The van der Waals surface area contributed by atoms with Gasteiger partial charge in [-0.2, -0.15) is 0 Å². The quantitative estimate of drug-likeness (QED) is 0.696. The van der Waals surface area contributed by atoms with Crippen molar-refractivity contribution < 1.29 is 28.6 Å². The molecule has 0 bridgehead atoms. The normalized spacial score (nSPS) is 15.5. The molecule has 1 atom stereocenters. The number of amides is 3. The standard InChI is InChI=1S/C21H23N3O6/c1-28-16-10-15(11-17(29-2)19(16)30-3)24-12-14(9-18(24)25)21(27)23-22-20(26)13-7-5-4-6-8-13/h4-8,10-11,14H,9,12H2,1-3H3,(H,22,26)(H,23,27). The number of methoxy groups -OCH3 is 3. The van der Waals surface area contributed by atoms with Gasteiger partial charge in [-0.1, -0.05) is 18.2 Å². The van der Waals surface area contributed by atoms with Crippen LogP contribution in [0.2, 0.25) is 0 Å². The zero-order valence-electron chi connectivity index (χ0n) is 16.9. The summed E-state index contributed by atoms with van der Waals surface area (Å²) in [7, 11) is 4.46. The van der Waals surface area contributed by atoms with Crippen LogP contribution in [0.1, 0.15) is 16.8 Å². The molecule has 1 aliphatic heterocycles. The van der Waals surface area contributed by atoms with Crippen LogP contribution >= 0.6 is 0 Å². The van der Waals surface area contributed by atoms with Crippen molar-refractivity contribution in [3.8, 4) is 17.2 Å². The second-order valence-corrected chi connectivity index (χ2v) is 6.60.